The summed E-state index contributed by atoms with van der Waals surface area (Å²) in [5.41, 5.74) is 1.19. The van der Waals surface area contributed by atoms with Crippen molar-refractivity contribution in [1.29, 1.82) is 0 Å². The van der Waals surface area contributed by atoms with Gasteiger partial charge in [-0.25, -0.2) is 0 Å². The summed E-state index contributed by atoms with van der Waals surface area (Å²) < 4.78 is 3.98. The molecule has 0 heterocycles. The molecule has 0 aromatic carbocycles. The summed E-state index contributed by atoms with van der Waals surface area (Å²) in [4.78, 5) is 4.45. The Balaban J connectivity index is 5.29. The van der Waals surface area contributed by atoms with E-state index < -0.39 is 10.2 Å². The van der Waals surface area contributed by atoms with Crippen LogP contribution >= 0.6 is 10.2 Å². The molecule has 3 heteroatoms. The molecule has 0 fully saturated rings. The molecule has 0 rings (SSSR count). The van der Waals surface area contributed by atoms with E-state index in [2.05, 4.69) is 56.5 Å². The smallest absolute Gasteiger partial charge is 0.0609 e. The van der Waals surface area contributed by atoms with Gasteiger partial charge >= 0.3 is 0 Å². The standard InChI is InChI=1S/C20H40N2S/c1-6-11-16-23(17-12-7-2,18-13-8-3)22-20(14-9-4)19-21-15-10-5/h9,14-15,19,22H,6-8,10-13,16-18H2,1-5H3/b14-9-,20-19+,21-15?. The van der Waals surface area contributed by atoms with E-state index in [1.165, 1.54) is 61.5 Å². The van der Waals surface area contributed by atoms with Crippen molar-refractivity contribution in [1.82, 2.24) is 4.72 Å². The highest BCUT2D eigenvalue weighted by Gasteiger charge is 2.22. The number of nitrogens with one attached hydrogen (secondary N) is 1. The lowest BCUT2D eigenvalue weighted by Gasteiger charge is -2.42. The lowest BCUT2D eigenvalue weighted by molar-refractivity contribution is 0.838. The van der Waals surface area contributed by atoms with Crippen LogP contribution in [0.3, 0.4) is 0 Å². The summed E-state index contributed by atoms with van der Waals surface area (Å²) in [5, 5.41) is 0. The second-order valence-corrected chi connectivity index (χ2v) is 9.66. The molecule has 0 aliphatic carbocycles. The molecule has 0 saturated carbocycles. The van der Waals surface area contributed by atoms with Crippen LogP contribution in [0.25, 0.3) is 0 Å². The minimum absolute atomic E-state index is 0.785. The van der Waals surface area contributed by atoms with E-state index in [-0.39, 0.29) is 0 Å². The van der Waals surface area contributed by atoms with Gasteiger partial charge in [0.2, 0.25) is 0 Å². The van der Waals surface area contributed by atoms with Gasteiger partial charge in [0.15, 0.2) is 0 Å². The molecule has 0 unspecified atom stereocenters. The van der Waals surface area contributed by atoms with Crippen LogP contribution in [0.1, 0.15) is 79.6 Å². The monoisotopic (exact) mass is 340 g/mol. The zero-order valence-corrected chi connectivity index (χ0v) is 17.1. The van der Waals surface area contributed by atoms with E-state index in [1.807, 2.05) is 12.4 Å². The first-order chi connectivity index (χ1) is 11.2. The highest BCUT2D eigenvalue weighted by Crippen LogP contribution is 2.47. The number of hydrogen-bond acceptors (Lipinski definition) is 2. The van der Waals surface area contributed by atoms with E-state index in [0.29, 0.717) is 0 Å². The van der Waals surface area contributed by atoms with E-state index in [1.54, 1.807) is 0 Å². The Morgan fingerprint density at radius 3 is 1.83 bits per heavy atom. The van der Waals surface area contributed by atoms with Gasteiger partial charge in [0.05, 0.1) is 11.9 Å². The predicted octanol–water partition coefficient (Wildman–Crippen LogP) is 6.59. The van der Waals surface area contributed by atoms with Gasteiger partial charge in [-0.2, -0.15) is 10.2 Å². The molecule has 23 heavy (non-hydrogen) atoms. The molecule has 136 valence electrons. The summed E-state index contributed by atoms with van der Waals surface area (Å²) in [6, 6.07) is 0. The number of rotatable bonds is 14. The van der Waals surface area contributed by atoms with E-state index in [0.717, 1.165) is 6.42 Å². The zero-order valence-electron chi connectivity index (χ0n) is 16.2. The van der Waals surface area contributed by atoms with Gasteiger partial charge in [0.25, 0.3) is 0 Å². The highest BCUT2D eigenvalue weighted by atomic mass is 32.3. The molecule has 0 radical (unpaired) electrons. The predicted molar refractivity (Wildman–Crippen MR) is 112 cm³/mol. The van der Waals surface area contributed by atoms with E-state index in [4.69, 9.17) is 0 Å². The lowest BCUT2D eigenvalue weighted by Crippen LogP contribution is -2.28. The SMILES string of the molecule is C/C=C\C(=C/N=CCC)NS(CCCC)(CCCC)CCCC. The average Bonchev–Trinajstić information content (AvgIpc) is 2.56. The maximum atomic E-state index is 4.45. The minimum Gasteiger partial charge on any atom is -0.346 e. The van der Waals surface area contributed by atoms with Crippen molar-refractivity contribution >= 4 is 16.4 Å². The fourth-order valence-electron chi connectivity index (χ4n) is 2.49. The third-order valence-corrected chi connectivity index (χ3v) is 7.73. The lowest BCUT2D eigenvalue weighted by atomic mass is 10.4. The van der Waals surface area contributed by atoms with Crippen LogP contribution in [0, 0.1) is 0 Å². The molecular formula is C20H40N2S. The number of aliphatic imine (C=N–C) groups is 1. The molecule has 0 spiro atoms. The van der Waals surface area contributed by atoms with Crippen molar-refractivity contribution in [2.24, 2.45) is 4.99 Å². The maximum Gasteiger partial charge on any atom is 0.0609 e. The molecule has 0 bridgehead atoms. The minimum atomic E-state index is -0.785. The van der Waals surface area contributed by atoms with Gasteiger partial charge in [0, 0.05) is 6.21 Å². The summed E-state index contributed by atoms with van der Waals surface area (Å²) >= 11 is 0. The second-order valence-electron chi connectivity index (χ2n) is 6.14. The first-order valence-corrected chi connectivity index (χ1v) is 11.7. The van der Waals surface area contributed by atoms with Crippen molar-refractivity contribution in [2.75, 3.05) is 17.3 Å². The maximum absolute atomic E-state index is 4.45. The third kappa shape index (κ3) is 10.6. The molecule has 1 N–H and O–H groups in total. The molecule has 0 aliphatic heterocycles. The van der Waals surface area contributed by atoms with Gasteiger partial charge in [-0.3, -0.25) is 4.99 Å². The molecule has 0 saturated heterocycles. The Kier molecular flexibility index (Phi) is 14.4. The first-order valence-electron chi connectivity index (χ1n) is 9.56. The molecule has 2 nitrogen and oxygen atoms in total. The Morgan fingerprint density at radius 1 is 0.913 bits per heavy atom. The van der Waals surface area contributed by atoms with Gasteiger partial charge in [0.1, 0.15) is 0 Å². The quantitative estimate of drug-likeness (QED) is 0.280. The number of nitrogens with zero attached hydrogens (tertiary/aromatic N) is 1. The van der Waals surface area contributed by atoms with Gasteiger partial charge in [-0.1, -0.05) is 53.0 Å². The van der Waals surface area contributed by atoms with Crippen molar-refractivity contribution < 1.29 is 0 Å². The van der Waals surface area contributed by atoms with Crippen molar-refractivity contribution in [2.45, 2.75) is 79.6 Å². The Labute approximate surface area is 147 Å². The summed E-state index contributed by atoms with van der Waals surface area (Å²) in [7, 11) is -0.785. The van der Waals surface area contributed by atoms with Crippen LogP contribution in [-0.2, 0) is 0 Å². The Morgan fingerprint density at radius 2 is 1.43 bits per heavy atom. The first kappa shape index (κ1) is 22.3. The van der Waals surface area contributed by atoms with Gasteiger partial charge < -0.3 is 4.72 Å². The van der Waals surface area contributed by atoms with E-state index >= 15 is 0 Å². The van der Waals surface area contributed by atoms with E-state index in [9.17, 15) is 0 Å². The molecule has 0 amide bonds. The van der Waals surface area contributed by atoms with Crippen molar-refractivity contribution in [3.05, 3.63) is 24.0 Å². The number of allylic oxidation sites excluding steroid dienone is 2. The summed E-state index contributed by atoms with van der Waals surface area (Å²) in [5.74, 6) is 4.03. The molecule has 0 atom stereocenters. The fourth-order valence-corrected chi connectivity index (χ4v) is 6.56. The third-order valence-electron chi connectivity index (χ3n) is 3.85. The normalized spacial score (nSPS) is 14.0. The van der Waals surface area contributed by atoms with Crippen molar-refractivity contribution in [3.63, 3.8) is 0 Å². The Hall–Kier alpha value is -0.700. The fraction of sp³-hybridized carbons (Fsp3) is 0.750. The van der Waals surface area contributed by atoms with Crippen molar-refractivity contribution in [3.8, 4) is 0 Å². The van der Waals surface area contributed by atoms with Crippen LogP contribution in [0.15, 0.2) is 29.0 Å². The molecule has 0 aromatic rings. The largest absolute Gasteiger partial charge is 0.346 e. The summed E-state index contributed by atoms with van der Waals surface area (Å²) in [6.45, 7) is 11.1. The van der Waals surface area contributed by atoms with Crippen LogP contribution < -0.4 is 4.72 Å². The van der Waals surface area contributed by atoms with Crippen LogP contribution in [0.5, 0.6) is 0 Å². The average molecular weight is 341 g/mol. The van der Waals surface area contributed by atoms with Gasteiger partial charge in [-0.05, 0) is 55.9 Å². The molecule has 0 aromatic heterocycles. The second kappa shape index (κ2) is 14.9. The van der Waals surface area contributed by atoms with Crippen LogP contribution in [-0.4, -0.2) is 23.5 Å². The molecule has 0 aliphatic rings. The molecular weight excluding hydrogens is 300 g/mol. The highest BCUT2D eigenvalue weighted by molar-refractivity contribution is 8.32. The zero-order chi connectivity index (χ0) is 17.4. The number of unbranched alkanes of at least 4 members (excludes halogenated alkanes) is 3. The van der Waals surface area contributed by atoms with Crippen LogP contribution in [0.4, 0.5) is 0 Å². The Bertz CT molecular complexity index is 337. The van der Waals surface area contributed by atoms with Crippen LogP contribution in [0.2, 0.25) is 0 Å². The summed E-state index contributed by atoms with van der Waals surface area (Å²) in [6.07, 6.45) is 17.1. The van der Waals surface area contributed by atoms with Gasteiger partial charge in [-0.15, -0.1) is 0 Å². The topological polar surface area (TPSA) is 24.4 Å². The number of hydrogen-bond donors (Lipinski definition) is 1.